The van der Waals surface area contributed by atoms with Gasteiger partial charge in [-0.1, -0.05) is 0 Å². The van der Waals surface area contributed by atoms with Crippen molar-refractivity contribution in [3.8, 4) is 0 Å². The highest BCUT2D eigenvalue weighted by Crippen LogP contribution is 2.32. The van der Waals surface area contributed by atoms with Gasteiger partial charge >= 0.3 is 6.18 Å². The van der Waals surface area contributed by atoms with Gasteiger partial charge in [-0.05, 0) is 18.2 Å². The lowest BCUT2D eigenvalue weighted by Crippen LogP contribution is -2.14. The Labute approximate surface area is 75.7 Å². The second-order valence-corrected chi connectivity index (χ2v) is 2.45. The molecule has 0 amide bonds. The smallest absolute Gasteiger partial charge is 0.264 e. The van der Waals surface area contributed by atoms with Gasteiger partial charge in [-0.3, -0.25) is 10.4 Å². The van der Waals surface area contributed by atoms with E-state index in [1.165, 1.54) is 0 Å². The van der Waals surface area contributed by atoms with Gasteiger partial charge in [0.1, 0.15) is 5.69 Å². The highest BCUT2D eigenvalue weighted by molar-refractivity contribution is 5.46. The summed E-state index contributed by atoms with van der Waals surface area (Å²) in [6.45, 7) is 0. The first kappa shape index (κ1) is 10.7. The zero-order valence-corrected chi connectivity index (χ0v) is 6.59. The maximum absolute atomic E-state index is 12.7. The lowest BCUT2D eigenvalue weighted by Gasteiger charge is -2.12. The molecule has 0 aliphatic heterocycles. The zero-order valence-electron chi connectivity index (χ0n) is 6.59. The average Bonchev–Trinajstić information content (AvgIpc) is 2.02. The molecule has 0 spiro atoms. The molecular weight excluding hydrogens is 206 g/mol. The standard InChI is InChI=1S/C7H5F4NO2/c8-5-2-1-4(7(9,10)11)3-6(5)12(13)14/h1-3,13-14H. The van der Waals surface area contributed by atoms with E-state index in [2.05, 4.69) is 0 Å². The minimum Gasteiger partial charge on any atom is -0.264 e. The molecule has 0 aliphatic rings. The van der Waals surface area contributed by atoms with Crippen LogP contribution in [0.1, 0.15) is 5.56 Å². The van der Waals surface area contributed by atoms with Gasteiger partial charge in [0.15, 0.2) is 5.82 Å². The molecule has 14 heavy (non-hydrogen) atoms. The van der Waals surface area contributed by atoms with Gasteiger partial charge in [0, 0.05) is 0 Å². The third-order valence-corrected chi connectivity index (χ3v) is 1.49. The average molecular weight is 211 g/mol. The summed E-state index contributed by atoms with van der Waals surface area (Å²) in [7, 11) is 0. The molecule has 0 aliphatic carbocycles. The van der Waals surface area contributed by atoms with Crippen LogP contribution in [-0.4, -0.2) is 10.4 Å². The van der Waals surface area contributed by atoms with E-state index in [0.717, 1.165) is 0 Å². The van der Waals surface area contributed by atoms with E-state index in [4.69, 9.17) is 10.4 Å². The first-order chi connectivity index (χ1) is 6.32. The Morgan fingerprint density at radius 1 is 1.14 bits per heavy atom. The molecule has 78 valence electrons. The summed E-state index contributed by atoms with van der Waals surface area (Å²) in [5, 5.41) is 16.0. The Bertz CT molecular complexity index is 337. The van der Waals surface area contributed by atoms with Gasteiger partial charge in [-0.25, -0.2) is 4.39 Å². The number of alkyl halides is 3. The van der Waals surface area contributed by atoms with Crippen molar-refractivity contribution in [2.45, 2.75) is 6.18 Å². The molecule has 0 atom stereocenters. The molecule has 2 N–H and O–H groups in total. The van der Waals surface area contributed by atoms with Crippen molar-refractivity contribution in [2.24, 2.45) is 0 Å². The van der Waals surface area contributed by atoms with E-state index in [-0.39, 0.29) is 6.07 Å². The fraction of sp³-hybridized carbons (Fsp3) is 0.143. The number of nitrogens with zero attached hydrogens (tertiary/aromatic N) is 1. The highest BCUT2D eigenvalue weighted by atomic mass is 19.4. The van der Waals surface area contributed by atoms with Crippen LogP contribution in [0.4, 0.5) is 23.2 Å². The fourth-order valence-corrected chi connectivity index (χ4v) is 0.842. The van der Waals surface area contributed by atoms with Crippen LogP contribution >= 0.6 is 0 Å². The largest absolute Gasteiger partial charge is 0.416 e. The van der Waals surface area contributed by atoms with Crippen LogP contribution in [0.15, 0.2) is 18.2 Å². The third-order valence-electron chi connectivity index (χ3n) is 1.49. The van der Waals surface area contributed by atoms with Crippen LogP contribution in [0.2, 0.25) is 0 Å². The molecule has 0 aromatic heterocycles. The predicted molar refractivity (Wildman–Crippen MR) is 37.5 cm³/mol. The number of halogens is 4. The Morgan fingerprint density at radius 3 is 2.14 bits per heavy atom. The number of anilines is 1. The quantitative estimate of drug-likeness (QED) is 0.553. The number of hydrogen-bond donors (Lipinski definition) is 2. The second kappa shape index (κ2) is 3.43. The molecule has 3 nitrogen and oxygen atoms in total. The Hall–Kier alpha value is -1.34. The minimum atomic E-state index is -4.65. The number of rotatable bonds is 1. The van der Waals surface area contributed by atoms with Gasteiger partial charge in [0.2, 0.25) is 0 Å². The zero-order chi connectivity index (χ0) is 10.9. The van der Waals surface area contributed by atoms with Crippen LogP contribution in [0.25, 0.3) is 0 Å². The van der Waals surface area contributed by atoms with E-state index >= 15 is 0 Å². The monoisotopic (exact) mass is 211 g/mol. The lowest BCUT2D eigenvalue weighted by molar-refractivity contribution is -0.137. The number of benzene rings is 1. The molecule has 1 aromatic rings. The van der Waals surface area contributed by atoms with Crippen molar-refractivity contribution in [2.75, 3.05) is 5.23 Å². The maximum atomic E-state index is 12.7. The topological polar surface area (TPSA) is 43.7 Å². The van der Waals surface area contributed by atoms with Crippen LogP contribution in [0, 0.1) is 5.82 Å². The van der Waals surface area contributed by atoms with Crippen LogP contribution in [0.3, 0.4) is 0 Å². The summed E-state index contributed by atoms with van der Waals surface area (Å²) < 4.78 is 48.9. The fourth-order valence-electron chi connectivity index (χ4n) is 0.842. The first-order valence-electron chi connectivity index (χ1n) is 3.37. The summed E-state index contributed by atoms with van der Waals surface area (Å²) >= 11 is 0. The summed E-state index contributed by atoms with van der Waals surface area (Å²) in [4.78, 5) is 0. The van der Waals surface area contributed by atoms with Crippen LogP contribution in [-0.2, 0) is 6.18 Å². The Kier molecular flexibility index (Phi) is 2.63. The van der Waals surface area contributed by atoms with Crippen molar-refractivity contribution in [3.05, 3.63) is 29.6 Å². The molecule has 1 aromatic carbocycles. The van der Waals surface area contributed by atoms with Gasteiger partial charge in [0.05, 0.1) is 5.56 Å². The normalized spacial score (nSPS) is 11.6. The van der Waals surface area contributed by atoms with Crippen molar-refractivity contribution in [3.63, 3.8) is 0 Å². The molecule has 0 saturated carbocycles. The minimum absolute atomic E-state index is 0.287. The van der Waals surface area contributed by atoms with E-state index in [9.17, 15) is 17.6 Å². The summed E-state index contributed by atoms with van der Waals surface area (Å²) in [6, 6.07) is 1.29. The predicted octanol–water partition coefficient (Wildman–Crippen LogP) is 2.43. The Balaban J connectivity index is 3.20. The molecule has 1 rings (SSSR count). The molecule has 0 fully saturated rings. The van der Waals surface area contributed by atoms with Crippen molar-refractivity contribution in [1.82, 2.24) is 0 Å². The van der Waals surface area contributed by atoms with Gasteiger partial charge in [0.25, 0.3) is 0 Å². The maximum Gasteiger partial charge on any atom is 0.416 e. The molecule has 0 radical (unpaired) electrons. The first-order valence-corrected chi connectivity index (χ1v) is 3.37. The van der Waals surface area contributed by atoms with Crippen LogP contribution < -0.4 is 5.23 Å². The summed E-state index contributed by atoms with van der Waals surface area (Å²) in [6.07, 6.45) is -4.65. The summed E-state index contributed by atoms with van der Waals surface area (Å²) in [5.41, 5.74) is -2.12. The lowest BCUT2D eigenvalue weighted by atomic mass is 10.2. The molecular formula is C7H5F4NO2. The van der Waals surface area contributed by atoms with Gasteiger partial charge in [-0.15, -0.1) is 5.23 Å². The van der Waals surface area contributed by atoms with Crippen molar-refractivity contribution >= 4 is 5.69 Å². The van der Waals surface area contributed by atoms with Crippen LogP contribution in [0.5, 0.6) is 0 Å². The molecule has 0 bridgehead atoms. The van der Waals surface area contributed by atoms with Gasteiger partial charge < -0.3 is 0 Å². The number of hydrogen-bond acceptors (Lipinski definition) is 3. The molecule has 0 saturated heterocycles. The van der Waals surface area contributed by atoms with E-state index < -0.39 is 28.5 Å². The van der Waals surface area contributed by atoms with E-state index in [0.29, 0.717) is 12.1 Å². The summed E-state index contributed by atoms with van der Waals surface area (Å²) in [5.74, 6) is -1.16. The molecule has 7 heteroatoms. The highest BCUT2D eigenvalue weighted by Gasteiger charge is 2.31. The Morgan fingerprint density at radius 2 is 1.71 bits per heavy atom. The van der Waals surface area contributed by atoms with Crippen molar-refractivity contribution < 1.29 is 28.0 Å². The molecule has 0 unspecified atom stereocenters. The molecule has 0 heterocycles. The third kappa shape index (κ3) is 2.12. The van der Waals surface area contributed by atoms with E-state index in [1.807, 2.05) is 0 Å². The van der Waals surface area contributed by atoms with E-state index in [1.54, 1.807) is 0 Å². The second-order valence-electron chi connectivity index (χ2n) is 2.45. The van der Waals surface area contributed by atoms with Crippen molar-refractivity contribution in [1.29, 1.82) is 0 Å². The SMILES string of the molecule is ON(O)c1cc(C(F)(F)F)ccc1F. The van der Waals surface area contributed by atoms with Gasteiger partial charge in [-0.2, -0.15) is 13.2 Å².